The van der Waals surface area contributed by atoms with Crippen molar-refractivity contribution in [2.24, 2.45) is 33.8 Å². The number of aliphatic imine (C=N–C) groups is 1. The average Bonchev–Trinajstić information content (AvgIpc) is 2.77. The molecule has 0 heterocycles. The van der Waals surface area contributed by atoms with Crippen LogP contribution in [0.1, 0.15) is 46.0 Å². The van der Waals surface area contributed by atoms with E-state index in [-0.39, 0.29) is 37.7 Å². The van der Waals surface area contributed by atoms with Gasteiger partial charge < -0.3 is 44.0 Å². The van der Waals surface area contributed by atoms with E-state index in [4.69, 9.17) is 22.9 Å². The zero-order valence-electron chi connectivity index (χ0n) is 21.0. The molecule has 0 fully saturated rings. The van der Waals surface area contributed by atoms with E-state index in [1.54, 1.807) is 13.8 Å². The van der Waals surface area contributed by atoms with Crippen LogP contribution in [0.3, 0.4) is 0 Å². The van der Waals surface area contributed by atoms with E-state index < -0.39 is 60.2 Å². The zero-order chi connectivity index (χ0) is 27.8. The second kappa shape index (κ2) is 17.4. The van der Waals surface area contributed by atoms with E-state index in [1.807, 2.05) is 6.26 Å². The van der Waals surface area contributed by atoms with Crippen LogP contribution in [-0.4, -0.2) is 83.4 Å². The number of carbonyl (C=O) groups excluding carboxylic acids is 4. The lowest BCUT2D eigenvalue weighted by Gasteiger charge is -2.25. The van der Waals surface area contributed by atoms with Gasteiger partial charge in [0.15, 0.2) is 5.96 Å². The predicted octanol–water partition coefficient (Wildman–Crippen LogP) is -2.42. The summed E-state index contributed by atoms with van der Waals surface area (Å²) in [6.45, 7) is 3.86. The molecule has 4 atom stereocenters. The number of hydrogen-bond acceptors (Lipinski definition) is 8. The van der Waals surface area contributed by atoms with Crippen LogP contribution >= 0.6 is 11.8 Å². The lowest BCUT2D eigenvalue weighted by molar-refractivity contribution is -0.143. The standard InChI is InChI=1S/C21H40N8O6S/c1-11(2)9-15(20(34)35)29-19(33)14(10-16(23)30)28-18(32)13(6-8-36-3)27-17(31)12(22)5-4-7-26-21(24)25/h11-15H,4-10,22H2,1-3H3,(H2,23,30)(H,27,31)(H,28,32)(H,29,33)(H,34,35)(H4,24,25,26). The number of guanidine groups is 1. The SMILES string of the molecule is CSCCC(NC(=O)C(N)CCCN=C(N)N)C(=O)NC(CC(N)=O)C(=O)NC(CC(C)C)C(=O)O. The molecule has 0 saturated heterocycles. The maximum atomic E-state index is 13.0. The summed E-state index contributed by atoms with van der Waals surface area (Å²) >= 11 is 1.44. The Balaban J connectivity index is 5.39. The van der Waals surface area contributed by atoms with E-state index in [0.29, 0.717) is 12.2 Å². The summed E-state index contributed by atoms with van der Waals surface area (Å²) in [5.41, 5.74) is 21.6. The number of primary amides is 1. The molecule has 0 bridgehead atoms. The molecule has 0 aliphatic carbocycles. The average molecular weight is 533 g/mol. The normalized spacial score (nSPS) is 14.1. The van der Waals surface area contributed by atoms with Gasteiger partial charge in [0, 0.05) is 6.54 Å². The molecule has 15 heteroatoms. The van der Waals surface area contributed by atoms with Crippen molar-refractivity contribution in [3.63, 3.8) is 0 Å². The maximum absolute atomic E-state index is 13.0. The highest BCUT2D eigenvalue weighted by molar-refractivity contribution is 7.98. The van der Waals surface area contributed by atoms with Crippen molar-refractivity contribution in [1.82, 2.24) is 16.0 Å². The van der Waals surface area contributed by atoms with Gasteiger partial charge in [-0.3, -0.25) is 24.2 Å². The third kappa shape index (κ3) is 14.4. The van der Waals surface area contributed by atoms with Crippen molar-refractivity contribution in [3.8, 4) is 0 Å². The molecule has 12 N–H and O–H groups in total. The fraction of sp³-hybridized carbons (Fsp3) is 0.714. The molecule has 0 aliphatic heterocycles. The van der Waals surface area contributed by atoms with E-state index in [9.17, 15) is 29.1 Å². The molecular formula is C21H40N8O6S. The van der Waals surface area contributed by atoms with E-state index >= 15 is 0 Å². The molecule has 14 nitrogen and oxygen atoms in total. The summed E-state index contributed by atoms with van der Waals surface area (Å²) in [5, 5.41) is 16.7. The molecule has 0 aromatic carbocycles. The molecule has 4 amide bonds. The number of aliphatic carboxylic acids is 1. The van der Waals surface area contributed by atoms with Crippen molar-refractivity contribution in [3.05, 3.63) is 0 Å². The Morgan fingerprint density at radius 3 is 1.94 bits per heavy atom. The number of rotatable bonds is 18. The van der Waals surface area contributed by atoms with Gasteiger partial charge in [-0.15, -0.1) is 0 Å². The number of thioether (sulfide) groups is 1. The predicted molar refractivity (Wildman–Crippen MR) is 138 cm³/mol. The summed E-state index contributed by atoms with van der Waals surface area (Å²) in [6, 6.07) is -4.62. The topological polar surface area (TPSA) is 258 Å². The van der Waals surface area contributed by atoms with Crippen LogP contribution in [0.4, 0.5) is 0 Å². The van der Waals surface area contributed by atoms with Crippen LogP contribution in [-0.2, 0) is 24.0 Å². The molecule has 4 unspecified atom stereocenters. The van der Waals surface area contributed by atoms with Crippen molar-refractivity contribution < 1.29 is 29.1 Å². The van der Waals surface area contributed by atoms with Crippen LogP contribution in [0, 0.1) is 5.92 Å². The van der Waals surface area contributed by atoms with Gasteiger partial charge in [-0.1, -0.05) is 13.8 Å². The first-order chi connectivity index (χ1) is 16.8. The minimum Gasteiger partial charge on any atom is -0.480 e. The van der Waals surface area contributed by atoms with Crippen LogP contribution in [0.15, 0.2) is 4.99 Å². The minimum absolute atomic E-state index is 0.0367. The minimum atomic E-state index is -1.43. The van der Waals surface area contributed by atoms with Crippen molar-refractivity contribution >= 4 is 47.3 Å². The van der Waals surface area contributed by atoms with Crippen molar-refractivity contribution in [1.29, 1.82) is 0 Å². The summed E-state index contributed by atoms with van der Waals surface area (Å²) in [5.74, 6) is -3.93. The molecule has 0 aromatic rings. The maximum Gasteiger partial charge on any atom is 0.326 e. The number of amides is 4. The van der Waals surface area contributed by atoms with Crippen molar-refractivity contribution in [2.75, 3.05) is 18.6 Å². The zero-order valence-corrected chi connectivity index (χ0v) is 21.8. The van der Waals surface area contributed by atoms with Gasteiger partial charge in [-0.05, 0) is 43.6 Å². The van der Waals surface area contributed by atoms with E-state index in [0.717, 1.165) is 0 Å². The first-order valence-electron chi connectivity index (χ1n) is 11.5. The number of carboxylic acid groups (broad SMARTS) is 1. The van der Waals surface area contributed by atoms with Gasteiger partial charge in [0.25, 0.3) is 0 Å². The number of hydrogen-bond donors (Lipinski definition) is 8. The molecule has 0 aromatic heterocycles. The van der Waals surface area contributed by atoms with E-state index in [2.05, 4.69) is 20.9 Å². The molecule has 0 aliphatic rings. The quantitative estimate of drug-likeness (QED) is 0.0526. The summed E-state index contributed by atoms with van der Waals surface area (Å²) in [6.07, 6.45) is 2.32. The molecular weight excluding hydrogens is 492 g/mol. The molecule has 36 heavy (non-hydrogen) atoms. The number of nitrogens with two attached hydrogens (primary N) is 4. The third-order valence-corrected chi connectivity index (χ3v) is 5.55. The van der Waals surface area contributed by atoms with Gasteiger partial charge >= 0.3 is 5.97 Å². The Hall–Kier alpha value is -3.07. The van der Waals surface area contributed by atoms with Crippen molar-refractivity contribution in [2.45, 2.75) is 70.1 Å². The fourth-order valence-electron chi connectivity index (χ4n) is 3.08. The first-order valence-corrected chi connectivity index (χ1v) is 12.9. The van der Waals surface area contributed by atoms with Crippen LogP contribution in [0.2, 0.25) is 0 Å². The van der Waals surface area contributed by atoms with Gasteiger partial charge in [-0.2, -0.15) is 11.8 Å². The summed E-state index contributed by atoms with van der Waals surface area (Å²) < 4.78 is 0. The molecule has 206 valence electrons. The second-order valence-corrected chi connectivity index (χ2v) is 9.64. The molecule has 0 spiro atoms. The third-order valence-electron chi connectivity index (χ3n) is 4.91. The highest BCUT2D eigenvalue weighted by Gasteiger charge is 2.31. The molecule has 0 saturated carbocycles. The Morgan fingerprint density at radius 2 is 1.44 bits per heavy atom. The van der Waals surface area contributed by atoms with E-state index in [1.165, 1.54) is 11.8 Å². The Bertz CT molecular complexity index is 790. The highest BCUT2D eigenvalue weighted by atomic mass is 32.2. The van der Waals surface area contributed by atoms with Crippen LogP contribution in [0.25, 0.3) is 0 Å². The van der Waals surface area contributed by atoms with Gasteiger partial charge in [0.1, 0.15) is 18.1 Å². The van der Waals surface area contributed by atoms with Gasteiger partial charge in [0.05, 0.1) is 12.5 Å². The second-order valence-electron chi connectivity index (χ2n) is 8.66. The first kappa shape index (κ1) is 32.9. The lowest BCUT2D eigenvalue weighted by Crippen LogP contribution is -2.58. The lowest BCUT2D eigenvalue weighted by atomic mass is 10.0. The number of nitrogens with zero attached hydrogens (tertiary/aromatic N) is 1. The monoisotopic (exact) mass is 532 g/mol. The van der Waals surface area contributed by atoms with Crippen LogP contribution in [0.5, 0.6) is 0 Å². The Morgan fingerprint density at radius 1 is 0.889 bits per heavy atom. The smallest absolute Gasteiger partial charge is 0.326 e. The van der Waals surface area contributed by atoms with Gasteiger partial charge in [-0.25, -0.2) is 4.79 Å². The molecule has 0 radical (unpaired) electrons. The molecule has 0 rings (SSSR count). The Labute approximate surface area is 215 Å². The fourth-order valence-corrected chi connectivity index (χ4v) is 3.55. The van der Waals surface area contributed by atoms with Gasteiger partial charge in [0.2, 0.25) is 23.6 Å². The largest absolute Gasteiger partial charge is 0.480 e. The summed E-state index contributed by atoms with van der Waals surface area (Å²) in [7, 11) is 0. The summed E-state index contributed by atoms with van der Waals surface area (Å²) in [4.78, 5) is 65.1. The highest BCUT2D eigenvalue weighted by Crippen LogP contribution is 2.07. The van der Waals surface area contributed by atoms with Crippen LogP contribution < -0.4 is 38.9 Å². The Kier molecular flexibility index (Phi) is 15.9. The number of nitrogens with one attached hydrogen (secondary N) is 3. The number of carboxylic acids is 1. The number of carbonyl (C=O) groups is 5.